The van der Waals surface area contributed by atoms with Crippen molar-refractivity contribution in [2.75, 3.05) is 33.1 Å². The fourth-order valence-corrected chi connectivity index (χ4v) is 2.24. The molecule has 1 unspecified atom stereocenters. The first-order valence-corrected chi connectivity index (χ1v) is 7.31. The van der Waals surface area contributed by atoms with Gasteiger partial charge in [0.05, 0.1) is 12.4 Å². The number of nitrogens with one attached hydrogen (secondary N) is 2. The third-order valence-corrected chi connectivity index (χ3v) is 3.82. The molecule has 1 amide bonds. The molecule has 0 radical (unpaired) electrons. The molecule has 0 saturated heterocycles. The number of thioether (sulfide) groups is 1. The summed E-state index contributed by atoms with van der Waals surface area (Å²) in [5.41, 5.74) is 1.25. The minimum absolute atomic E-state index is 0.0368. The lowest BCUT2D eigenvalue weighted by molar-refractivity contribution is -0.118. The molecule has 2 N–H and O–H groups in total. The lowest BCUT2D eigenvalue weighted by Crippen LogP contribution is -2.28. The molecule has 0 aliphatic heterocycles. The normalized spacial score (nSPS) is 12.2. The summed E-state index contributed by atoms with van der Waals surface area (Å²) in [5, 5.41) is 5.99. The molecule has 4 nitrogen and oxygen atoms in total. The second-order valence-electron chi connectivity index (χ2n) is 4.21. The van der Waals surface area contributed by atoms with Gasteiger partial charge in [0.2, 0.25) is 5.91 Å². The number of amides is 1. The molecular weight excluding hydrogens is 260 g/mol. The van der Waals surface area contributed by atoms with Crippen molar-refractivity contribution in [1.82, 2.24) is 10.6 Å². The van der Waals surface area contributed by atoms with E-state index in [4.69, 9.17) is 4.74 Å². The van der Waals surface area contributed by atoms with Crippen LogP contribution in [0.4, 0.5) is 0 Å². The van der Waals surface area contributed by atoms with Crippen LogP contribution in [0.5, 0.6) is 0 Å². The van der Waals surface area contributed by atoms with Gasteiger partial charge in [0.15, 0.2) is 0 Å². The molecule has 1 rings (SSSR count). The van der Waals surface area contributed by atoms with E-state index >= 15 is 0 Å². The van der Waals surface area contributed by atoms with Gasteiger partial charge in [-0.25, -0.2) is 0 Å². The van der Waals surface area contributed by atoms with Gasteiger partial charge in [-0.3, -0.25) is 4.79 Å². The van der Waals surface area contributed by atoms with Crippen LogP contribution in [0.2, 0.25) is 0 Å². The fraction of sp³-hybridized carbons (Fsp3) is 0.500. The van der Waals surface area contributed by atoms with Gasteiger partial charge in [0.25, 0.3) is 0 Å². The zero-order valence-corrected chi connectivity index (χ0v) is 12.5. The van der Waals surface area contributed by atoms with Crippen molar-refractivity contribution >= 4 is 17.7 Å². The van der Waals surface area contributed by atoms with E-state index in [9.17, 15) is 4.79 Å². The van der Waals surface area contributed by atoms with Gasteiger partial charge in [-0.15, -0.1) is 11.8 Å². The van der Waals surface area contributed by atoms with E-state index in [2.05, 4.69) is 41.8 Å². The van der Waals surface area contributed by atoms with Gasteiger partial charge >= 0.3 is 0 Å². The maximum atomic E-state index is 11.5. The number of carbonyl (C=O) groups is 1. The molecule has 1 aromatic rings. The Morgan fingerprint density at radius 2 is 2.05 bits per heavy atom. The van der Waals surface area contributed by atoms with Crippen LogP contribution >= 0.6 is 11.8 Å². The van der Waals surface area contributed by atoms with Crippen molar-refractivity contribution < 1.29 is 9.53 Å². The molecule has 5 heteroatoms. The highest BCUT2D eigenvalue weighted by Crippen LogP contribution is 2.20. The van der Waals surface area contributed by atoms with Crippen molar-refractivity contribution in [3.05, 3.63) is 29.8 Å². The van der Waals surface area contributed by atoms with Gasteiger partial charge in [-0.2, -0.15) is 0 Å². The van der Waals surface area contributed by atoms with E-state index in [1.165, 1.54) is 5.56 Å². The van der Waals surface area contributed by atoms with Crippen molar-refractivity contribution in [3.8, 4) is 0 Å². The van der Waals surface area contributed by atoms with Crippen LogP contribution in [0.1, 0.15) is 18.5 Å². The number of carbonyl (C=O) groups excluding carboxylic acids is 1. The van der Waals surface area contributed by atoms with E-state index in [0.717, 1.165) is 4.90 Å². The Balaban J connectivity index is 2.35. The summed E-state index contributed by atoms with van der Waals surface area (Å²) in [6.45, 7) is 3.23. The first kappa shape index (κ1) is 16.0. The van der Waals surface area contributed by atoms with Crippen LogP contribution in [0.25, 0.3) is 0 Å². The summed E-state index contributed by atoms with van der Waals surface area (Å²) in [5.74, 6) is 0.472. The lowest BCUT2D eigenvalue weighted by Gasteiger charge is -2.11. The molecule has 1 aromatic carbocycles. The monoisotopic (exact) mass is 282 g/mol. The maximum absolute atomic E-state index is 11.5. The summed E-state index contributed by atoms with van der Waals surface area (Å²) in [4.78, 5) is 12.6. The van der Waals surface area contributed by atoms with E-state index < -0.39 is 0 Å². The predicted octanol–water partition coefficient (Wildman–Crippen LogP) is 1.82. The lowest BCUT2D eigenvalue weighted by atomic mass is 10.1. The smallest absolute Gasteiger partial charge is 0.230 e. The average Bonchev–Trinajstić information content (AvgIpc) is 2.45. The summed E-state index contributed by atoms with van der Waals surface area (Å²) in [6.07, 6.45) is 0. The summed E-state index contributed by atoms with van der Waals surface area (Å²) in [7, 11) is 3.56. The highest BCUT2D eigenvalue weighted by atomic mass is 32.2. The van der Waals surface area contributed by atoms with Crippen molar-refractivity contribution in [2.24, 2.45) is 0 Å². The van der Waals surface area contributed by atoms with Gasteiger partial charge in [-0.1, -0.05) is 12.1 Å². The number of hydrogen-bond donors (Lipinski definition) is 2. The number of hydrogen-bond acceptors (Lipinski definition) is 4. The SMILES string of the molecule is CNC(C)c1ccc(SCC(=O)NCCOC)cc1. The van der Waals surface area contributed by atoms with Crippen LogP contribution in [-0.4, -0.2) is 39.0 Å². The highest BCUT2D eigenvalue weighted by molar-refractivity contribution is 8.00. The zero-order valence-electron chi connectivity index (χ0n) is 11.7. The predicted molar refractivity (Wildman–Crippen MR) is 79.5 cm³/mol. The minimum atomic E-state index is 0.0368. The third-order valence-electron chi connectivity index (χ3n) is 2.81. The Morgan fingerprint density at radius 3 is 2.63 bits per heavy atom. The van der Waals surface area contributed by atoms with Gasteiger partial charge in [0.1, 0.15) is 0 Å². The molecule has 0 spiro atoms. The second-order valence-corrected chi connectivity index (χ2v) is 5.26. The standard InChI is InChI=1S/C14H22N2O2S/c1-11(15-2)12-4-6-13(7-5-12)19-10-14(17)16-8-9-18-3/h4-7,11,15H,8-10H2,1-3H3,(H,16,17). The average molecular weight is 282 g/mol. The second kappa shape index (κ2) is 8.96. The quantitative estimate of drug-likeness (QED) is 0.564. The highest BCUT2D eigenvalue weighted by Gasteiger charge is 2.04. The Bertz CT molecular complexity index is 382. The van der Waals surface area contributed by atoms with Crippen LogP contribution < -0.4 is 10.6 Å². The van der Waals surface area contributed by atoms with Crippen molar-refractivity contribution in [3.63, 3.8) is 0 Å². The van der Waals surface area contributed by atoms with Crippen LogP contribution in [0.15, 0.2) is 29.2 Å². The third kappa shape index (κ3) is 6.09. The summed E-state index contributed by atoms with van der Waals surface area (Å²) >= 11 is 1.54. The Morgan fingerprint density at radius 1 is 1.37 bits per heavy atom. The molecule has 0 aliphatic rings. The zero-order chi connectivity index (χ0) is 14.1. The molecule has 0 aliphatic carbocycles. The first-order chi connectivity index (χ1) is 9.17. The molecule has 0 aromatic heterocycles. The first-order valence-electron chi connectivity index (χ1n) is 6.33. The fourth-order valence-electron chi connectivity index (χ4n) is 1.51. The van der Waals surface area contributed by atoms with Crippen LogP contribution in [0, 0.1) is 0 Å². The van der Waals surface area contributed by atoms with E-state index in [1.807, 2.05) is 7.05 Å². The molecule has 0 bridgehead atoms. The van der Waals surface area contributed by atoms with E-state index in [-0.39, 0.29) is 5.91 Å². The molecule has 0 saturated carbocycles. The molecule has 1 atom stereocenters. The number of methoxy groups -OCH3 is 1. The minimum Gasteiger partial charge on any atom is -0.383 e. The molecule has 0 heterocycles. The van der Waals surface area contributed by atoms with E-state index in [0.29, 0.717) is 24.9 Å². The van der Waals surface area contributed by atoms with Crippen LogP contribution in [0.3, 0.4) is 0 Å². The topological polar surface area (TPSA) is 50.4 Å². The van der Waals surface area contributed by atoms with Gasteiger partial charge in [-0.05, 0) is 31.7 Å². The molecule has 0 fully saturated rings. The number of rotatable bonds is 8. The van der Waals surface area contributed by atoms with E-state index in [1.54, 1.807) is 18.9 Å². The summed E-state index contributed by atoms with van der Waals surface area (Å²) < 4.78 is 4.87. The maximum Gasteiger partial charge on any atom is 0.230 e. The van der Waals surface area contributed by atoms with Gasteiger partial charge < -0.3 is 15.4 Å². The van der Waals surface area contributed by atoms with Crippen molar-refractivity contribution in [1.29, 1.82) is 0 Å². The molecular formula is C14H22N2O2S. The molecule has 19 heavy (non-hydrogen) atoms. The largest absolute Gasteiger partial charge is 0.383 e. The summed E-state index contributed by atoms with van der Waals surface area (Å²) in [6, 6.07) is 8.63. The number of benzene rings is 1. The van der Waals surface area contributed by atoms with Crippen LogP contribution in [-0.2, 0) is 9.53 Å². The Labute approximate surface area is 119 Å². The molecule has 106 valence electrons. The number of ether oxygens (including phenoxy) is 1. The van der Waals surface area contributed by atoms with Gasteiger partial charge in [0, 0.05) is 24.6 Å². The Kier molecular flexibility index (Phi) is 7.55. The van der Waals surface area contributed by atoms with Crippen molar-refractivity contribution in [2.45, 2.75) is 17.9 Å². The Hall–Kier alpha value is -1.04.